The van der Waals surface area contributed by atoms with Gasteiger partial charge in [0.1, 0.15) is 17.2 Å². The predicted octanol–water partition coefficient (Wildman–Crippen LogP) is 3.38. The summed E-state index contributed by atoms with van der Waals surface area (Å²) in [4.78, 5) is 0. The molecule has 0 atom stereocenters. The van der Waals surface area contributed by atoms with Crippen molar-refractivity contribution in [3.05, 3.63) is 48.0 Å². The summed E-state index contributed by atoms with van der Waals surface area (Å²) in [6, 6.07) is 13.1. The highest BCUT2D eigenvalue weighted by Gasteiger charge is 2.05. The Kier molecular flexibility index (Phi) is 3.19. The van der Waals surface area contributed by atoms with Gasteiger partial charge in [0, 0.05) is 0 Å². The van der Waals surface area contributed by atoms with Crippen molar-refractivity contribution in [2.75, 3.05) is 12.8 Å². The Labute approximate surface area is 101 Å². The zero-order chi connectivity index (χ0) is 12.3. The fourth-order valence-electron chi connectivity index (χ4n) is 1.56. The number of para-hydroxylation sites is 2. The van der Waals surface area contributed by atoms with Crippen molar-refractivity contribution in [1.82, 2.24) is 0 Å². The number of nitrogen functional groups attached to an aromatic ring is 1. The number of aryl methyl sites for hydroxylation is 1. The average molecular weight is 229 g/mol. The molecule has 0 aliphatic rings. The second kappa shape index (κ2) is 4.78. The van der Waals surface area contributed by atoms with E-state index in [4.69, 9.17) is 15.2 Å². The van der Waals surface area contributed by atoms with Gasteiger partial charge < -0.3 is 15.2 Å². The van der Waals surface area contributed by atoms with Crippen LogP contribution in [-0.2, 0) is 0 Å². The third-order valence-electron chi connectivity index (χ3n) is 2.52. The first kappa shape index (κ1) is 11.3. The second-order valence-electron chi connectivity index (χ2n) is 3.77. The van der Waals surface area contributed by atoms with Crippen LogP contribution in [-0.4, -0.2) is 7.11 Å². The average Bonchev–Trinajstić information content (AvgIpc) is 2.34. The van der Waals surface area contributed by atoms with E-state index >= 15 is 0 Å². The van der Waals surface area contributed by atoms with Gasteiger partial charge in [0.2, 0.25) is 0 Å². The fourth-order valence-corrected chi connectivity index (χ4v) is 1.56. The van der Waals surface area contributed by atoms with Crippen LogP contribution >= 0.6 is 0 Å². The van der Waals surface area contributed by atoms with Gasteiger partial charge in [-0.15, -0.1) is 0 Å². The molecular weight excluding hydrogens is 214 g/mol. The quantitative estimate of drug-likeness (QED) is 0.820. The molecule has 2 aromatic rings. The van der Waals surface area contributed by atoms with Crippen molar-refractivity contribution in [2.24, 2.45) is 0 Å². The lowest BCUT2D eigenvalue weighted by Gasteiger charge is -2.11. The van der Waals surface area contributed by atoms with E-state index in [9.17, 15) is 0 Å². The molecule has 0 aliphatic carbocycles. The number of hydrogen-bond acceptors (Lipinski definition) is 3. The van der Waals surface area contributed by atoms with Crippen molar-refractivity contribution in [3.63, 3.8) is 0 Å². The molecule has 2 aromatic carbocycles. The number of hydrogen-bond donors (Lipinski definition) is 1. The summed E-state index contributed by atoms with van der Waals surface area (Å²) in [6.45, 7) is 1.97. The van der Waals surface area contributed by atoms with Crippen LogP contribution in [0, 0.1) is 6.92 Å². The Hall–Kier alpha value is -2.16. The Balaban J connectivity index is 2.28. The van der Waals surface area contributed by atoms with Crippen LogP contribution < -0.4 is 15.2 Å². The minimum atomic E-state index is 0.628. The van der Waals surface area contributed by atoms with Gasteiger partial charge in [-0.1, -0.05) is 12.1 Å². The third kappa shape index (κ3) is 2.50. The first-order valence-electron chi connectivity index (χ1n) is 5.37. The number of nitrogens with two attached hydrogens (primary N) is 1. The largest absolute Gasteiger partial charge is 0.497 e. The molecule has 2 N–H and O–H groups in total. The summed E-state index contributed by atoms with van der Waals surface area (Å²) >= 11 is 0. The molecule has 0 heterocycles. The van der Waals surface area contributed by atoms with Gasteiger partial charge in [0.15, 0.2) is 0 Å². The lowest BCUT2D eigenvalue weighted by Crippen LogP contribution is -1.93. The molecule has 0 spiro atoms. The Morgan fingerprint density at radius 3 is 2.41 bits per heavy atom. The maximum Gasteiger partial charge on any atom is 0.150 e. The van der Waals surface area contributed by atoms with Crippen LogP contribution in [0.25, 0.3) is 0 Å². The highest BCUT2D eigenvalue weighted by atomic mass is 16.5. The normalized spacial score (nSPS) is 10.0. The lowest BCUT2D eigenvalue weighted by atomic mass is 10.2. The second-order valence-corrected chi connectivity index (χ2v) is 3.77. The van der Waals surface area contributed by atoms with Crippen LogP contribution in [0.1, 0.15) is 5.56 Å². The third-order valence-corrected chi connectivity index (χ3v) is 2.52. The topological polar surface area (TPSA) is 44.5 Å². The van der Waals surface area contributed by atoms with Crippen molar-refractivity contribution < 1.29 is 9.47 Å². The molecule has 2 rings (SSSR count). The molecule has 0 radical (unpaired) electrons. The molecule has 0 unspecified atom stereocenters. The van der Waals surface area contributed by atoms with Gasteiger partial charge >= 0.3 is 0 Å². The molecule has 0 fully saturated rings. The zero-order valence-electron chi connectivity index (χ0n) is 9.94. The number of ether oxygens (including phenoxy) is 2. The van der Waals surface area contributed by atoms with E-state index in [1.54, 1.807) is 7.11 Å². The molecule has 0 saturated heterocycles. The Morgan fingerprint density at radius 2 is 1.76 bits per heavy atom. The SMILES string of the molecule is COc1ccc(Oc2ccccc2N)c(C)c1. The summed E-state index contributed by atoms with van der Waals surface area (Å²) in [5, 5.41) is 0. The van der Waals surface area contributed by atoms with Gasteiger partial charge in [0.25, 0.3) is 0 Å². The zero-order valence-corrected chi connectivity index (χ0v) is 9.94. The summed E-state index contributed by atoms with van der Waals surface area (Å²) in [6.07, 6.45) is 0. The molecule has 0 aromatic heterocycles. The molecule has 3 heteroatoms. The van der Waals surface area contributed by atoms with Crippen LogP contribution in [0.5, 0.6) is 17.2 Å². The van der Waals surface area contributed by atoms with Crippen LogP contribution in [0.4, 0.5) is 5.69 Å². The highest BCUT2D eigenvalue weighted by molar-refractivity contribution is 5.54. The van der Waals surface area contributed by atoms with Gasteiger partial charge in [-0.3, -0.25) is 0 Å². The monoisotopic (exact) mass is 229 g/mol. The number of benzene rings is 2. The van der Waals surface area contributed by atoms with Crippen LogP contribution in [0.3, 0.4) is 0 Å². The van der Waals surface area contributed by atoms with Crippen molar-refractivity contribution in [1.29, 1.82) is 0 Å². The van der Waals surface area contributed by atoms with E-state index in [1.165, 1.54) is 0 Å². The van der Waals surface area contributed by atoms with E-state index in [-0.39, 0.29) is 0 Å². The van der Waals surface area contributed by atoms with Gasteiger partial charge in [-0.05, 0) is 42.8 Å². The summed E-state index contributed by atoms with van der Waals surface area (Å²) in [7, 11) is 1.64. The number of anilines is 1. The van der Waals surface area contributed by atoms with E-state index in [0.29, 0.717) is 11.4 Å². The van der Waals surface area contributed by atoms with E-state index < -0.39 is 0 Å². The van der Waals surface area contributed by atoms with Gasteiger partial charge in [-0.2, -0.15) is 0 Å². The first-order valence-corrected chi connectivity index (χ1v) is 5.37. The van der Waals surface area contributed by atoms with Crippen LogP contribution in [0.2, 0.25) is 0 Å². The smallest absolute Gasteiger partial charge is 0.150 e. The first-order chi connectivity index (χ1) is 8.20. The number of rotatable bonds is 3. The minimum absolute atomic E-state index is 0.628. The van der Waals surface area contributed by atoms with Crippen molar-refractivity contribution >= 4 is 5.69 Å². The summed E-state index contributed by atoms with van der Waals surface area (Å²) < 4.78 is 10.9. The van der Waals surface area contributed by atoms with E-state index in [0.717, 1.165) is 17.1 Å². The molecule has 0 amide bonds. The minimum Gasteiger partial charge on any atom is -0.497 e. The summed E-state index contributed by atoms with van der Waals surface area (Å²) in [5.74, 6) is 2.26. The van der Waals surface area contributed by atoms with E-state index in [2.05, 4.69) is 0 Å². The Bertz CT molecular complexity index is 523. The van der Waals surface area contributed by atoms with Crippen molar-refractivity contribution in [2.45, 2.75) is 6.92 Å². The molecule has 3 nitrogen and oxygen atoms in total. The molecule has 0 saturated carbocycles. The van der Waals surface area contributed by atoms with Crippen LogP contribution in [0.15, 0.2) is 42.5 Å². The van der Waals surface area contributed by atoms with Crippen molar-refractivity contribution in [3.8, 4) is 17.2 Å². The van der Waals surface area contributed by atoms with Gasteiger partial charge in [0.05, 0.1) is 12.8 Å². The standard InChI is InChI=1S/C14H15NO2/c1-10-9-11(16-2)7-8-13(10)17-14-6-4-3-5-12(14)15/h3-9H,15H2,1-2H3. The fraction of sp³-hybridized carbons (Fsp3) is 0.143. The molecular formula is C14H15NO2. The highest BCUT2D eigenvalue weighted by Crippen LogP contribution is 2.30. The number of methoxy groups -OCH3 is 1. The molecule has 88 valence electrons. The molecule has 0 aliphatic heterocycles. The Morgan fingerprint density at radius 1 is 1.00 bits per heavy atom. The molecule has 0 bridgehead atoms. The van der Waals surface area contributed by atoms with Gasteiger partial charge in [-0.25, -0.2) is 0 Å². The predicted molar refractivity (Wildman–Crippen MR) is 68.7 cm³/mol. The van der Waals surface area contributed by atoms with E-state index in [1.807, 2.05) is 49.4 Å². The molecule has 17 heavy (non-hydrogen) atoms. The maximum atomic E-state index is 5.82. The lowest BCUT2D eigenvalue weighted by molar-refractivity contribution is 0.412. The maximum absolute atomic E-state index is 5.82. The summed E-state index contributed by atoms with van der Waals surface area (Å²) in [5.41, 5.74) is 7.46.